The normalized spacial score (nSPS) is 13.2. The monoisotopic (exact) mass is 787 g/mol. The third-order valence-corrected chi connectivity index (χ3v) is 8.65. The van der Waals surface area contributed by atoms with Crippen molar-refractivity contribution >= 4 is 17.9 Å². The molecular weight excluding hydrogens is 709 g/mol. The zero-order chi connectivity index (χ0) is 41.5. The van der Waals surface area contributed by atoms with Gasteiger partial charge in [-0.15, -0.1) is 0 Å². The van der Waals surface area contributed by atoms with Gasteiger partial charge in [-0.05, 0) is 70.6 Å². The third kappa shape index (κ3) is 42.8. The van der Waals surface area contributed by atoms with E-state index in [1.807, 2.05) is 54.7 Å². The molecule has 0 aliphatic heterocycles. The topological polar surface area (TPSA) is 78.9 Å². The van der Waals surface area contributed by atoms with Crippen molar-refractivity contribution in [1.82, 2.24) is 0 Å². The van der Waals surface area contributed by atoms with Crippen LogP contribution in [-0.4, -0.2) is 37.2 Å². The van der Waals surface area contributed by atoms with Gasteiger partial charge in [0.1, 0.15) is 13.2 Å². The van der Waals surface area contributed by atoms with Crippen LogP contribution < -0.4 is 0 Å². The van der Waals surface area contributed by atoms with Crippen molar-refractivity contribution in [2.45, 2.75) is 168 Å². The second-order valence-corrected chi connectivity index (χ2v) is 14.1. The van der Waals surface area contributed by atoms with Crippen LogP contribution in [0.4, 0.5) is 0 Å². The molecule has 0 radical (unpaired) electrons. The summed E-state index contributed by atoms with van der Waals surface area (Å²) in [5.74, 6) is -1.06. The summed E-state index contributed by atoms with van der Waals surface area (Å²) in [6, 6.07) is 0. The summed E-state index contributed by atoms with van der Waals surface area (Å²) in [6.07, 6.45) is 60.5. The molecule has 0 heterocycles. The molecular formula is C51H78O6. The molecule has 0 rings (SSSR count). The maximum absolute atomic E-state index is 12.7. The smallest absolute Gasteiger partial charge is 0.306 e. The number of ether oxygens (including phenoxy) is 3. The molecule has 1 atom stereocenters. The van der Waals surface area contributed by atoms with Gasteiger partial charge in [-0.25, -0.2) is 0 Å². The zero-order valence-electron chi connectivity index (χ0n) is 36.0. The molecule has 57 heavy (non-hydrogen) atoms. The Morgan fingerprint density at radius 2 is 0.702 bits per heavy atom. The largest absolute Gasteiger partial charge is 0.462 e. The van der Waals surface area contributed by atoms with E-state index in [0.29, 0.717) is 19.3 Å². The average Bonchev–Trinajstić information content (AvgIpc) is 3.21. The summed E-state index contributed by atoms with van der Waals surface area (Å²) < 4.78 is 16.6. The molecule has 6 heteroatoms. The van der Waals surface area contributed by atoms with Crippen molar-refractivity contribution in [2.75, 3.05) is 13.2 Å². The summed E-state index contributed by atoms with van der Waals surface area (Å²) in [5.41, 5.74) is 0. The Kier molecular flexibility index (Phi) is 41.3. The van der Waals surface area contributed by atoms with Crippen LogP contribution in [0.3, 0.4) is 0 Å². The van der Waals surface area contributed by atoms with Gasteiger partial charge < -0.3 is 14.2 Å². The zero-order valence-corrected chi connectivity index (χ0v) is 36.0. The first-order valence-electron chi connectivity index (χ1n) is 22.2. The predicted molar refractivity (Wildman–Crippen MR) is 242 cm³/mol. The summed E-state index contributed by atoms with van der Waals surface area (Å²) >= 11 is 0. The molecule has 318 valence electrons. The van der Waals surface area contributed by atoms with E-state index < -0.39 is 12.1 Å². The molecule has 1 unspecified atom stereocenters. The van der Waals surface area contributed by atoms with E-state index in [0.717, 1.165) is 83.5 Å². The first-order chi connectivity index (χ1) is 28.0. The quantitative estimate of drug-likeness (QED) is 0.0270. The van der Waals surface area contributed by atoms with Crippen molar-refractivity contribution < 1.29 is 28.6 Å². The first-order valence-corrected chi connectivity index (χ1v) is 22.2. The standard InChI is InChI=1S/C51H78O6/c1-4-7-10-13-16-19-22-24-25-27-29-32-35-38-41-44-50(53)56-47-48(46-55-49(52)43-40-37-34-31-28-21-18-15-12-9-6-3)57-51(54)45-42-39-36-33-30-26-23-20-17-14-11-8-5-2/h7-8,10-11,13-23,26,28,30,33,36,48H,4-6,9,12,24-25,27,29,31-32,34-35,37-47H2,1-3H3/b10-7-,11-8-,16-13-,17-14-,18-15-,22-19-,23-20-,28-21-,30-26-,36-33-. The lowest BCUT2D eigenvalue weighted by atomic mass is 10.1. The Bertz CT molecular complexity index is 1270. The average molecular weight is 787 g/mol. The maximum Gasteiger partial charge on any atom is 0.306 e. The van der Waals surface area contributed by atoms with Crippen molar-refractivity contribution in [3.63, 3.8) is 0 Å². The van der Waals surface area contributed by atoms with Gasteiger partial charge in [-0.2, -0.15) is 0 Å². The van der Waals surface area contributed by atoms with E-state index in [1.54, 1.807) is 0 Å². The molecule has 0 amide bonds. The second kappa shape index (κ2) is 44.5. The molecule has 0 spiro atoms. The summed E-state index contributed by atoms with van der Waals surface area (Å²) in [6.45, 7) is 6.17. The van der Waals surface area contributed by atoms with Crippen LogP contribution in [0.25, 0.3) is 0 Å². The van der Waals surface area contributed by atoms with Crippen molar-refractivity contribution in [3.8, 4) is 0 Å². The van der Waals surface area contributed by atoms with Crippen LogP contribution in [0.15, 0.2) is 122 Å². The van der Waals surface area contributed by atoms with E-state index in [2.05, 4.69) is 87.6 Å². The minimum Gasteiger partial charge on any atom is -0.462 e. The van der Waals surface area contributed by atoms with E-state index in [-0.39, 0.29) is 31.6 Å². The van der Waals surface area contributed by atoms with Crippen LogP contribution in [0.2, 0.25) is 0 Å². The summed E-state index contributed by atoms with van der Waals surface area (Å²) in [5, 5.41) is 0. The van der Waals surface area contributed by atoms with Crippen LogP contribution in [0.1, 0.15) is 162 Å². The number of carbonyl (C=O) groups is 3. The van der Waals surface area contributed by atoms with Crippen LogP contribution in [0, 0.1) is 0 Å². The lowest BCUT2D eigenvalue weighted by Crippen LogP contribution is -2.30. The van der Waals surface area contributed by atoms with E-state index >= 15 is 0 Å². The van der Waals surface area contributed by atoms with Gasteiger partial charge in [0.05, 0.1) is 0 Å². The fourth-order valence-corrected chi connectivity index (χ4v) is 5.33. The lowest BCUT2D eigenvalue weighted by Gasteiger charge is -2.18. The molecule has 0 saturated carbocycles. The molecule has 0 aromatic heterocycles. The molecule has 0 saturated heterocycles. The molecule has 0 aromatic rings. The maximum atomic E-state index is 12.7. The van der Waals surface area contributed by atoms with Crippen molar-refractivity contribution in [1.29, 1.82) is 0 Å². The Balaban J connectivity index is 4.57. The highest BCUT2D eigenvalue weighted by Crippen LogP contribution is 2.12. The predicted octanol–water partition coefficient (Wildman–Crippen LogP) is 14.2. The number of unbranched alkanes of at least 4 members (excludes halogenated alkanes) is 13. The number of allylic oxidation sites excluding steroid dienone is 20. The van der Waals surface area contributed by atoms with Gasteiger partial charge in [0.15, 0.2) is 6.10 Å². The van der Waals surface area contributed by atoms with Gasteiger partial charge in [-0.3, -0.25) is 14.4 Å². The van der Waals surface area contributed by atoms with Crippen LogP contribution in [-0.2, 0) is 28.6 Å². The summed E-state index contributed by atoms with van der Waals surface area (Å²) in [7, 11) is 0. The Morgan fingerprint density at radius 3 is 1.16 bits per heavy atom. The van der Waals surface area contributed by atoms with Crippen LogP contribution in [0.5, 0.6) is 0 Å². The Morgan fingerprint density at radius 1 is 0.368 bits per heavy atom. The number of esters is 3. The van der Waals surface area contributed by atoms with Crippen molar-refractivity contribution in [3.05, 3.63) is 122 Å². The highest BCUT2D eigenvalue weighted by Gasteiger charge is 2.19. The first kappa shape index (κ1) is 52.8. The molecule has 0 aromatic carbocycles. The van der Waals surface area contributed by atoms with Gasteiger partial charge in [0, 0.05) is 19.3 Å². The van der Waals surface area contributed by atoms with Gasteiger partial charge in [0.2, 0.25) is 0 Å². The van der Waals surface area contributed by atoms with Gasteiger partial charge in [0.25, 0.3) is 0 Å². The minimum absolute atomic E-state index is 0.126. The molecule has 0 bridgehead atoms. The van der Waals surface area contributed by atoms with E-state index in [9.17, 15) is 14.4 Å². The second-order valence-electron chi connectivity index (χ2n) is 14.1. The van der Waals surface area contributed by atoms with Crippen LogP contribution >= 0.6 is 0 Å². The Hall–Kier alpha value is -4.19. The fraction of sp³-hybridized carbons (Fsp3) is 0.549. The highest BCUT2D eigenvalue weighted by molar-refractivity contribution is 5.71. The molecule has 0 aliphatic rings. The molecule has 0 aliphatic carbocycles. The highest BCUT2D eigenvalue weighted by atomic mass is 16.6. The fourth-order valence-electron chi connectivity index (χ4n) is 5.33. The SMILES string of the molecule is CC\C=C/C=C\C=C/C=C\C=C/CCCC(=O)OC(COC(=O)CCCCC/C=C\C=C/CCCC)COC(=O)CCCCCCCCC\C=C/C=C\C=C/CC. The molecule has 0 N–H and O–H groups in total. The van der Waals surface area contributed by atoms with Crippen molar-refractivity contribution in [2.24, 2.45) is 0 Å². The number of rotatable bonds is 37. The summed E-state index contributed by atoms with van der Waals surface area (Å²) in [4.78, 5) is 37.7. The van der Waals surface area contributed by atoms with E-state index in [4.69, 9.17) is 14.2 Å². The van der Waals surface area contributed by atoms with Gasteiger partial charge >= 0.3 is 17.9 Å². The van der Waals surface area contributed by atoms with Gasteiger partial charge in [-0.1, -0.05) is 194 Å². The number of carbonyl (C=O) groups excluding carboxylic acids is 3. The number of hydrogen-bond donors (Lipinski definition) is 0. The lowest BCUT2D eigenvalue weighted by molar-refractivity contribution is -0.167. The minimum atomic E-state index is -0.832. The van der Waals surface area contributed by atoms with E-state index in [1.165, 1.54) is 32.1 Å². The molecule has 0 fully saturated rings. The number of hydrogen-bond acceptors (Lipinski definition) is 6. The third-order valence-electron chi connectivity index (χ3n) is 8.65. The molecule has 6 nitrogen and oxygen atoms in total. The Labute approximate surface area is 348 Å².